The molecule has 1 rings (SSSR count). The number of hydrogen-bond donors (Lipinski definition) is 0. The molecule has 0 aromatic carbocycles. The van der Waals surface area contributed by atoms with Crippen LogP contribution in [0.5, 0.6) is 0 Å². The zero-order chi connectivity index (χ0) is 5.28. The number of hydrogen-bond acceptors (Lipinski definition) is 4. The first-order chi connectivity index (χ1) is 3.29. The molecule has 1 heterocycles. The van der Waals surface area contributed by atoms with Crippen molar-refractivity contribution in [3.8, 4) is 0 Å². The van der Waals surface area contributed by atoms with Crippen LogP contribution in [-0.4, -0.2) is 4.98 Å². The van der Waals surface area contributed by atoms with Gasteiger partial charge >= 0.3 is 5.76 Å². The maximum Gasteiger partial charge on any atom is 0.451 e. The monoisotopic (exact) mass is 117 g/mol. The van der Waals surface area contributed by atoms with Crippen LogP contribution in [-0.2, 0) is 0 Å². The summed E-state index contributed by atoms with van der Waals surface area (Å²) < 4.78 is 4.34. The van der Waals surface area contributed by atoms with Crippen molar-refractivity contribution in [3.63, 3.8) is 0 Å². The van der Waals surface area contributed by atoms with Gasteiger partial charge in [-0.3, -0.25) is 0 Å². The van der Waals surface area contributed by atoms with Crippen molar-refractivity contribution in [1.29, 1.82) is 0 Å². The van der Waals surface area contributed by atoms with Gasteiger partial charge in [0, 0.05) is 0 Å². The van der Waals surface area contributed by atoms with Gasteiger partial charge < -0.3 is 3.85 Å². The predicted octanol–water partition coefficient (Wildman–Crippen LogP) is 0.405. The summed E-state index contributed by atoms with van der Waals surface area (Å²) in [6.45, 7) is 1.72. The fourth-order valence-electron chi connectivity index (χ4n) is 0.262. The van der Waals surface area contributed by atoms with Gasteiger partial charge in [-0.25, -0.2) is 4.79 Å². The molecule has 0 aliphatic rings. The molecule has 0 amide bonds. The molecule has 0 bridgehead atoms. The van der Waals surface area contributed by atoms with E-state index in [0.29, 0.717) is 5.01 Å². The van der Waals surface area contributed by atoms with E-state index in [1.165, 1.54) is 0 Å². The highest BCUT2D eigenvalue weighted by molar-refractivity contribution is 7.02. The molecule has 1 aromatic heterocycles. The lowest BCUT2D eigenvalue weighted by atomic mass is 10.8. The highest BCUT2D eigenvalue weighted by Crippen LogP contribution is 1.93. The van der Waals surface area contributed by atoms with Crippen LogP contribution in [0.15, 0.2) is 8.64 Å². The lowest BCUT2D eigenvalue weighted by Gasteiger charge is -1.58. The Bertz CT molecular complexity index is 201. The Morgan fingerprint density at radius 2 is 2.57 bits per heavy atom. The molecule has 3 nitrogen and oxygen atoms in total. The van der Waals surface area contributed by atoms with Crippen molar-refractivity contribution in [2.45, 2.75) is 6.92 Å². The van der Waals surface area contributed by atoms with Crippen molar-refractivity contribution in [2.75, 3.05) is 0 Å². The van der Waals surface area contributed by atoms with Crippen LogP contribution in [0, 0.1) is 6.92 Å². The molecular formula is C3H3NO2S. The van der Waals surface area contributed by atoms with Gasteiger partial charge in [-0.2, -0.15) is 4.98 Å². The number of nitrogens with zero attached hydrogens (tertiary/aromatic N) is 1. The third-order valence-corrected chi connectivity index (χ3v) is 1.04. The topological polar surface area (TPSA) is 43.1 Å². The highest BCUT2D eigenvalue weighted by atomic mass is 32.1. The molecule has 0 aliphatic heterocycles. The van der Waals surface area contributed by atoms with Crippen LogP contribution < -0.4 is 5.76 Å². The number of rotatable bonds is 0. The normalized spacial score (nSPS) is 9.29. The Morgan fingerprint density at radius 3 is 2.71 bits per heavy atom. The fourth-order valence-corrected chi connectivity index (χ4v) is 0.603. The first-order valence-electron chi connectivity index (χ1n) is 1.73. The molecule has 0 aliphatic carbocycles. The second-order valence-electron chi connectivity index (χ2n) is 1.06. The first-order valence-corrected chi connectivity index (χ1v) is 2.47. The molecule has 7 heavy (non-hydrogen) atoms. The van der Waals surface area contributed by atoms with Crippen LogP contribution in [0.2, 0.25) is 0 Å². The fraction of sp³-hybridized carbons (Fsp3) is 0.333. The third-order valence-electron chi connectivity index (χ3n) is 0.482. The molecule has 0 radical (unpaired) electrons. The molecule has 1 aromatic rings. The molecule has 0 spiro atoms. The van der Waals surface area contributed by atoms with E-state index in [1.807, 2.05) is 0 Å². The Kier molecular flexibility index (Phi) is 0.941. The Labute approximate surface area is 43.8 Å². The minimum atomic E-state index is -0.498. The second-order valence-corrected chi connectivity index (χ2v) is 1.99. The third kappa shape index (κ3) is 0.866. The standard InChI is InChI=1S/C3H3NO2S/c1-2-4-3(5)6-7-2/h1H3. The zero-order valence-corrected chi connectivity index (χ0v) is 4.49. The average molecular weight is 117 g/mol. The van der Waals surface area contributed by atoms with Crippen LogP contribution in [0.1, 0.15) is 5.01 Å². The van der Waals surface area contributed by atoms with Gasteiger partial charge in [0.05, 0.1) is 11.6 Å². The van der Waals surface area contributed by atoms with Crippen molar-refractivity contribution in [3.05, 3.63) is 15.6 Å². The summed E-state index contributed by atoms with van der Waals surface area (Å²) in [5.74, 6) is -0.498. The molecule has 38 valence electrons. The van der Waals surface area contributed by atoms with Gasteiger partial charge in [-0.05, 0) is 6.92 Å². The lowest BCUT2D eigenvalue weighted by molar-refractivity contribution is 0.617. The largest absolute Gasteiger partial charge is 0.451 e. The summed E-state index contributed by atoms with van der Waals surface area (Å²) in [5, 5.41) is 0.671. The van der Waals surface area contributed by atoms with Crippen molar-refractivity contribution >= 4 is 11.6 Å². The van der Waals surface area contributed by atoms with E-state index >= 15 is 0 Å². The molecule has 0 N–H and O–H groups in total. The molecular weight excluding hydrogens is 114 g/mol. The molecule has 4 heteroatoms. The lowest BCUT2D eigenvalue weighted by Crippen LogP contribution is -1.93. The maximum absolute atomic E-state index is 10.0. The first kappa shape index (κ1) is 4.52. The minimum Gasteiger partial charge on any atom is -0.345 e. The summed E-state index contributed by atoms with van der Waals surface area (Å²) in [7, 11) is 0. The molecule has 0 fully saturated rings. The zero-order valence-electron chi connectivity index (χ0n) is 3.67. The quantitative estimate of drug-likeness (QED) is 0.494. The van der Waals surface area contributed by atoms with Crippen LogP contribution in [0.3, 0.4) is 0 Å². The molecule has 0 atom stereocenters. The van der Waals surface area contributed by atoms with E-state index < -0.39 is 5.76 Å². The van der Waals surface area contributed by atoms with Crippen LogP contribution in [0.4, 0.5) is 0 Å². The smallest absolute Gasteiger partial charge is 0.345 e. The highest BCUT2D eigenvalue weighted by Gasteiger charge is 1.89. The van der Waals surface area contributed by atoms with Crippen molar-refractivity contribution < 1.29 is 3.85 Å². The number of aryl methyl sites for hydroxylation is 1. The summed E-state index contributed by atoms with van der Waals surface area (Å²) in [6, 6.07) is 0. The van der Waals surface area contributed by atoms with E-state index in [1.54, 1.807) is 6.92 Å². The SMILES string of the molecule is Cc1nc(=O)os1. The van der Waals surface area contributed by atoms with Gasteiger partial charge in [0.15, 0.2) is 0 Å². The summed E-state index contributed by atoms with van der Waals surface area (Å²) in [6.07, 6.45) is 0. The Morgan fingerprint density at radius 1 is 1.86 bits per heavy atom. The van der Waals surface area contributed by atoms with Gasteiger partial charge in [0.2, 0.25) is 0 Å². The van der Waals surface area contributed by atoms with Gasteiger partial charge in [0.25, 0.3) is 0 Å². The summed E-state index contributed by atoms with van der Waals surface area (Å²) in [4.78, 5) is 13.4. The second kappa shape index (κ2) is 1.46. The van der Waals surface area contributed by atoms with Crippen LogP contribution >= 0.6 is 11.6 Å². The molecule has 0 saturated heterocycles. The van der Waals surface area contributed by atoms with E-state index in [4.69, 9.17) is 0 Å². The minimum absolute atomic E-state index is 0.498. The summed E-state index contributed by atoms with van der Waals surface area (Å²) >= 11 is 1.01. The predicted molar refractivity (Wildman–Crippen MR) is 25.4 cm³/mol. The van der Waals surface area contributed by atoms with Crippen LogP contribution in [0.25, 0.3) is 0 Å². The van der Waals surface area contributed by atoms with Gasteiger partial charge in [0.1, 0.15) is 5.01 Å². The molecule has 0 saturated carbocycles. The molecule has 0 unspecified atom stereocenters. The maximum atomic E-state index is 10.0. The summed E-state index contributed by atoms with van der Waals surface area (Å²) in [5.41, 5.74) is 0. The van der Waals surface area contributed by atoms with Crippen molar-refractivity contribution in [2.24, 2.45) is 0 Å². The Balaban J connectivity index is 3.30. The Hall–Kier alpha value is -0.640. The number of aromatic nitrogens is 1. The van der Waals surface area contributed by atoms with E-state index in [2.05, 4.69) is 8.83 Å². The van der Waals surface area contributed by atoms with E-state index in [0.717, 1.165) is 11.6 Å². The van der Waals surface area contributed by atoms with Gasteiger partial charge in [-0.1, -0.05) is 0 Å². The average Bonchev–Trinajstić information content (AvgIpc) is 1.87. The van der Waals surface area contributed by atoms with E-state index in [9.17, 15) is 4.79 Å². The van der Waals surface area contributed by atoms with Crippen molar-refractivity contribution in [1.82, 2.24) is 4.98 Å². The van der Waals surface area contributed by atoms with Gasteiger partial charge in [-0.15, -0.1) is 0 Å². The van der Waals surface area contributed by atoms with E-state index in [-0.39, 0.29) is 0 Å².